The first-order valence-corrected chi connectivity index (χ1v) is 13.7. The van der Waals surface area contributed by atoms with Gasteiger partial charge in [-0.25, -0.2) is 14.2 Å². The van der Waals surface area contributed by atoms with Gasteiger partial charge in [0.15, 0.2) is 5.04 Å². The maximum atomic E-state index is 13.2. The van der Waals surface area contributed by atoms with E-state index in [9.17, 15) is 23.4 Å². The van der Waals surface area contributed by atoms with Gasteiger partial charge in [0, 0.05) is 51.8 Å². The van der Waals surface area contributed by atoms with E-state index >= 15 is 0 Å². The Morgan fingerprint density at radius 1 is 1.11 bits per heavy atom. The first kappa shape index (κ1) is 27.9. The monoisotopic (exact) mass is 563 g/mol. The highest BCUT2D eigenvalue weighted by Crippen LogP contribution is 2.29. The minimum atomic E-state index is -1.68. The zero-order valence-corrected chi connectivity index (χ0v) is 22.9. The summed E-state index contributed by atoms with van der Waals surface area (Å²) in [5, 5.41) is 8.21. The lowest BCUT2D eigenvalue weighted by Gasteiger charge is -2.37. The van der Waals surface area contributed by atoms with E-state index in [2.05, 4.69) is 25.9 Å². The number of rotatable bonds is 5. The highest BCUT2D eigenvalue weighted by atomic mass is 35.5. The van der Waals surface area contributed by atoms with Crippen molar-refractivity contribution in [2.45, 2.75) is 37.8 Å². The fourth-order valence-electron chi connectivity index (χ4n) is 4.73. The predicted molar refractivity (Wildman–Crippen MR) is 142 cm³/mol. The zero-order chi connectivity index (χ0) is 27.6. The molecule has 4 rings (SSSR count). The molecule has 3 heterocycles. The van der Waals surface area contributed by atoms with Gasteiger partial charge in [-0.1, -0.05) is 11.6 Å². The van der Waals surface area contributed by atoms with Crippen molar-refractivity contribution in [3.63, 3.8) is 0 Å². The first-order chi connectivity index (χ1) is 18.0. The van der Waals surface area contributed by atoms with Gasteiger partial charge in [-0.05, 0) is 38.4 Å². The van der Waals surface area contributed by atoms with E-state index in [-0.39, 0.29) is 29.1 Å². The largest absolute Gasteiger partial charge is 0.349 e. The number of hydrogen-bond donors (Lipinski definition) is 3. The average molecular weight is 564 g/mol. The van der Waals surface area contributed by atoms with Gasteiger partial charge in [-0.2, -0.15) is 0 Å². The maximum absolute atomic E-state index is 13.2. The van der Waals surface area contributed by atoms with Crippen LogP contribution in [0.3, 0.4) is 0 Å². The zero-order valence-electron chi connectivity index (χ0n) is 21.3. The minimum Gasteiger partial charge on any atom is -0.349 e. The molecule has 4 amide bonds. The number of aliphatic imine (C=N–C) groups is 1. The molecule has 0 radical (unpaired) electrons. The number of anilines is 1. The number of nitrogens with zero attached hydrogens (tertiary/aromatic N) is 4. The summed E-state index contributed by atoms with van der Waals surface area (Å²) in [4.78, 5) is 63.5. The summed E-state index contributed by atoms with van der Waals surface area (Å²) in [5.41, 5.74) is 0.674. The molecule has 0 spiro atoms. The van der Waals surface area contributed by atoms with Crippen LogP contribution in [-0.2, 0) is 30.0 Å². The van der Waals surface area contributed by atoms with Gasteiger partial charge in [-0.15, -0.1) is 0 Å². The summed E-state index contributed by atoms with van der Waals surface area (Å²) in [5.74, 6) is -2.78. The standard InChI is InChI=1S/C24H30ClN7O5S/c1-31(2)24(36)13-4-6-15(27-20(33)21(34)30-19-7-5-14(25)11-26-19)17(10-13)28-22(35)23-29-16-8-9-32(3)12-18(16)38(23)37/h5,7,11,13,15,17H,4,6,8-10,12H2,1-3H3,(H,27,33)(H,28,35)(H,26,30,34)/t13-,15-,17+,38?/m0/s1. The average Bonchev–Trinajstić information content (AvgIpc) is 3.21. The number of nitrogens with one attached hydrogen (secondary N) is 3. The number of halogens is 1. The third-order valence-electron chi connectivity index (χ3n) is 6.74. The van der Waals surface area contributed by atoms with E-state index < -0.39 is 40.6 Å². The van der Waals surface area contributed by atoms with Crippen molar-refractivity contribution in [2.75, 3.05) is 39.5 Å². The van der Waals surface area contributed by atoms with Gasteiger partial charge in [0.25, 0.3) is 5.91 Å². The van der Waals surface area contributed by atoms with Crippen LogP contribution in [0.4, 0.5) is 5.82 Å². The summed E-state index contributed by atoms with van der Waals surface area (Å²) >= 11 is 5.80. The smallest absolute Gasteiger partial charge is 0.314 e. The van der Waals surface area contributed by atoms with Crippen molar-refractivity contribution in [3.8, 4) is 0 Å². The van der Waals surface area contributed by atoms with E-state index in [1.165, 1.54) is 23.2 Å². The molecule has 0 aromatic carbocycles. The quantitative estimate of drug-likeness (QED) is 0.434. The number of aromatic nitrogens is 1. The molecule has 2 aliphatic heterocycles. The molecule has 4 atom stereocenters. The number of hydrogen-bond acceptors (Lipinski definition) is 8. The van der Waals surface area contributed by atoms with Crippen molar-refractivity contribution in [1.82, 2.24) is 25.4 Å². The maximum Gasteiger partial charge on any atom is 0.314 e. The molecule has 14 heteroatoms. The number of pyridine rings is 1. The summed E-state index contributed by atoms with van der Waals surface area (Å²) in [7, 11) is 3.54. The topological polar surface area (TPSA) is 153 Å². The van der Waals surface area contributed by atoms with Gasteiger partial charge in [0.1, 0.15) is 16.6 Å². The first-order valence-electron chi connectivity index (χ1n) is 12.2. The van der Waals surface area contributed by atoms with Crippen LogP contribution in [-0.4, -0.2) is 94.0 Å². The van der Waals surface area contributed by atoms with Gasteiger partial charge in [-0.3, -0.25) is 19.2 Å². The molecule has 1 aliphatic carbocycles. The van der Waals surface area contributed by atoms with Crippen LogP contribution in [0, 0.1) is 5.92 Å². The molecule has 3 N–H and O–H groups in total. The Balaban J connectivity index is 1.45. The Kier molecular flexibility index (Phi) is 8.58. The lowest BCUT2D eigenvalue weighted by atomic mass is 9.81. The van der Waals surface area contributed by atoms with Crippen molar-refractivity contribution in [1.29, 1.82) is 0 Å². The van der Waals surface area contributed by atoms with Crippen molar-refractivity contribution in [3.05, 3.63) is 34.0 Å². The van der Waals surface area contributed by atoms with Crippen molar-refractivity contribution >= 4 is 56.9 Å². The Labute approximate surface area is 227 Å². The summed E-state index contributed by atoms with van der Waals surface area (Å²) in [6.45, 7) is 1.23. The summed E-state index contributed by atoms with van der Waals surface area (Å²) in [6, 6.07) is 1.67. The Morgan fingerprint density at radius 2 is 1.87 bits per heavy atom. The molecule has 3 aliphatic rings. The van der Waals surface area contributed by atoms with Crippen LogP contribution in [0.1, 0.15) is 25.7 Å². The van der Waals surface area contributed by atoms with E-state index in [1.807, 2.05) is 11.9 Å². The summed E-state index contributed by atoms with van der Waals surface area (Å²) in [6.07, 6.45) is 2.99. The van der Waals surface area contributed by atoms with Crippen LogP contribution < -0.4 is 16.0 Å². The second-order valence-electron chi connectivity index (χ2n) is 9.76. The second kappa shape index (κ2) is 11.7. The molecule has 1 aromatic heterocycles. The Bertz CT molecular complexity index is 1230. The number of likely N-dealkylation sites (N-methyl/N-ethyl adjacent to an activating group) is 1. The highest BCUT2D eigenvalue weighted by Gasteiger charge is 2.40. The lowest BCUT2D eigenvalue weighted by molar-refractivity contribution is -0.138. The number of carbonyl (C=O) groups is 4. The SMILES string of the molecule is CN1CCC2=C(C1)S(=O)C(C(=O)N[C@@H]1C[C@@H](C(=O)N(C)C)CC[C@@H]1NC(=O)C(=O)Nc1ccc(Cl)cn1)=N2. The fourth-order valence-corrected chi connectivity index (χ4v) is 6.20. The molecule has 38 heavy (non-hydrogen) atoms. The lowest BCUT2D eigenvalue weighted by Crippen LogP contribution is -2.58. The molecule has 0 bridgehead atoms. The second-order valence-corrected chi connectivity index (χ2v) is 11.6. The third kappa shape index (κ3) is 6.27. The minimum absolute atomic E-state index is 0.0806. The van der Waals surface area contributed by atoms with Crippen LogP contribution in [0.5, 0.6) is 0 Å². The number of amides is 4. The van der Waals surface area contributed by atoms with Crippen LogP contribution in [0.25, 0.3) is 0 Å². The predicted octanol–water partition coefficient (Wildman–Crippen LogP) is 0.239. The molecule has 1 fully saturated rings. The van der Waals surface area contributed by atoms with E-state index in [0.717, 1.165) is 6.54 Å². The molecular formula is C24H30ClN7O5S. The molecule has 0 saturated heterocycles. The van der Waals surface area contributed by atoms with Crippen LogP contribution in [0.15, 0.2) is 33.9 Å². The highest BCUT2D eigenvalue weighted by molar-refractivity contribution is 8.06. The van der Waals surface area contributed by atoms with Gasteiger partial charge >= 0.3 is 11.8 Å². The fraction of sp³-hybridized carbons (Fsp3) is 0.500. The Morgan fingerprint density at radius 3 is 2.55 bits per heavy atom. The Hall–Kier alpha value is -3.16. The van der Waals surface area contributed by atoms with E-state index in [1.54, 1.807) is 14.1 Å². The van der Waals surface area contributed by atoms with Crippen LogP contribution in [0.2, 0.25) is 5.02 Å². The van der Waals surface area contributed by atoms with Crippen molar-refractivity contribution < 1.29 is 23.4 Å². The van der Waals surface area contributed by atoms with E-state index in [4.69, 9.17) is 11.6 Å². The van der Waals surface area contributed by atoms with Crippen LogP contribution >= 0.6 is 11.6 Å². The van der Waals surface area contributed by atoms with Gasteiger partial charge in [0.2, 0.25) is 5.91 Å². The van der Waals surface area contributed by atoms with Gasteiger partial charge in [0.05, 0.1) is 21.7 Å². The normalized spacial score (nSPS) is 25.2. The molecule has 12 nitrogen and oxygen atoms in total. The molecule has 204 valence electrons. The number of carbonyl (C=O) groups excluding carboxylic acids is 4. The summed E-state index contributed by atoms with van der Waals surface area (Å²) < 4.78 is 13.0. The molecule has 1 unspecified atom stereocenters. The molecule has 1 saturated carbocycles. The third-order valence-corrected chi connectivity index (χ3v) is 8.41. The molecule has 1 aromatic rings. The van der Waals surface area contributed by atoms with E-state index in [0.29, 0.717) is 41.4 Å². The molecular weight excluding hydrogens is 534 g/mol. The van der Waals surface area contributed by atoms with Crippen molar-refractivity contribution in [2.24, 2.45) is 10.9 Å². The van der Waals surface area contributed by atoms with Gasteiger partial charge < -0.3 is 25.8 Å².